The molecule has 14 heteroatoms. The number of nitrogens with one attached hydrogen (secondary N) is 3. The molecule has 274 valence electrons. The number of hydrogen-bond donors (Lipinski definition) is 4. The molecule has 0 aromatic rings. The Kier molecular flexibility index (Phi) is 11.9. The second kappa shape index (κ2) is 14.7. The number of urea groups is 1. The molecule has 4 fully saturated rings. The Morgan fingerprint density at radius 1 is 1.00 bits per heavy atom. The van der Waals surface area contributed by atoms with E-state index in [0.717, 1.165) is 32.1 Å². The molecule has 5 N–H and O–H groups in total. The zero-order valence-electron chi connectivity index (χ0n) is 29.7. The molecule has 4 unspecified atom stereocenters. The quantitative estimate of drug-likeness (QED) is 0.0744. The number of rotatable bonds is 15. The number of carbonyl (C=O) groups excluding carboxylic acids is 5. The summed E-state index contributed by atoms with van der Waals surface area (Å²) in [5.74, 6) is -2.40. The fourth-order valence-electron chi connectivity index (χ4n) is 7.60. The Bertz CT molecular complexity index is 1370. The number of primary amides is 1. The molecule has 5 amide bonds. The fraction of sp³-hybridized carbons (Fsp3) is 0.853. The van der Waals surface area contributed by atoms with Gasteiger partial charge in [-0.15, -0.1) is 0 Å². The molecule has 1 saturated heterocycles. The molecule has 0 spiro atoms. The molecule has 4 rings (SSSR count). The second-order valence-electron chi connectivity index (χ2n) is 16.6. The molecular formula is C34H57IN5O7S-. The van der Waals surface area contributed by atoms with Crippen LogP contribution in [-0.2, 0) is 29.0 Å². The zero-order chi connectivity index (χ0) is 35.8. The summed E-state index contributed by atoms with van der Waals surface area (Å²) < 4.78 is 25.2. The van der Waals surface area contributed by atoms with Crippen LogP contribution in [0.15, 0.2) is 0 Å². The van der Waals surface area contributed by atoms with Gasteiger partial charge in [-0.3, -0.25) is 0 Å². The third-order valence-electron chi connectivity index (χ3n) is 10.5. The van der Waals surface area contributed by atoms with E-state index in [0.29, 0.717) is 32.2 Å². The minimum atomic E-state index is -3.43. The topological polar surface area (TPSA) is 185 Å². The van der Waals surface area contributed by atoms with Gasteiger partial charge in [0.05, 0.1) is 0 Å². The van der Waals surface area contributed by atoms with E-state index >= 15 is 0 Å². The van der Waals surface area contributed by atoms with Gasteiger partial charge in [0.2, 0.25) is 0 Å². The molecule has 4 aliphatic rings. The van der Waals surface area contributed by atoms with Gasteiger partial charge in [-0.2, -0.15) is 0 Å². The summed E-state index contributed by atoms with van der Waals surface area (Å²) in [6, 6.07) is -2.46. The first-order chi connectivity index (χ1) is 22.1. The zero-order valence-corrected chi connectivity index (χ0v) is 32.7. The number of alkyl halides is 2. The average molecular weight is 807 g/mol. The van der Waals surface area contributed by atoms with Crippen LogP contribution >= 0.6 is 0 Å². The Morgan fingerprint density at radius 3 is 2.17 bits per heavy atom. The van der Waals surface area contributed by atoms with Gasteiger partial charge >= 0.3 is 298 Å². The predicted octanol–water partition coefficient (Wildman–Crippen LogP) is -0.515. The molecule has 3 aliphatic carbocycles. The van der Waals surface area contributed by atoms with E-state index in [1.807, 2.05) is 34.6 Å². The molecule has 5 atom stereocenters. The van der Waals surface area contributed by atoms with Crippen molar-refractivity contribution in [2.45, 2.75) is 131 Å². The van der Waals surface area contributed by atoms with Crippen molar-refractivity contribution in [2.75, 3.05) is 18.1 Å². The summed E-state index contributed by atoms with van der Waals surface area (Å²) in [6.45, 7) is 14.5. The SMILES string of the molecule is CC(C)CCS(=O)(=O)CC1(NC(=O)NC([I-]C(C)(C)C)C(=O)N2CC3C([C@H]2C(=O)NC(CC2CC2)C(=O)C(N)=O)C3(C)C)CCCCC1. The Morgan fingerprint density at radius 2 is 1.62 bits per heavy atom. The monoisotopic (exact) mass is 806 g/mol. The summed E-state index contributed by atoms with van der Waals surface area (Å²) >= 11 is -0.991. The molecule has 0 aromatic carbocycles. The number of carbonyl (C=O) groups is 5. The standard InChI is InChI=1S/C34H57IN5O7S/c1-20(2)13-16-48(46,47)19-34(14-9-8-10-15-34)39-31(45)38-27(35-32(3,4)5)30(44)40-18-22-24(33(22,6)7)25(40)29(43)37-23(17-21-11-12-21)26(41)28(36)42/h20-25,27H,8-19H2,1-7H3,(H2,36,42)(H,37,43)(H2,38,39,45)/q-1/t22?,23?,24?,25-,27?/m0/s1. The van der Waals surface area contributed by atoms with E-state index in [4.69, 9.17) is 5.73 Å². The first-order valence-corrected chi connectivity index (χ1v) is 21.7. The van der Waals surface area contributed by atoms with E-state index in [-0.39, 0.29) is 49.9 Å². The van der Waals surface area contributed by atoms with Gasteiger partial charge in [0.1, 0.15) is 0 Å². The van der Waals surface area contributed by atoms with Crippen molar-refractivity contribution >= 4 is 39.4 Å². The third-order valence-corrected chi connectivity index (χ3v) is 15.7. The Hall–Kier alpha value is -1.97. The number of Topliss-reactive ketones (excluding diaryl/α,β-unsaturated/α-hetero) is 1. The van der Waals surface area contributed by atoms with Crippen LogP contribution in [0.2, 0.25) is 0 Å². The van der Waals surface area contributed by atoms with Crippen molar-refractivity contribution in [3.8, 4) is 0 Å². The molecule has 12 nitrogen and oxygen atoms in total. The van der Waals surface area contributed by atoms with Gasteiger partial charge in [0, 0.05) is 0 Å². The number of sulfone groups is 1. The molecular weight excluding hydrogens is 749 g/mol. The van der Waals surface area contributed by atoms with Crippen LogP contribution in [0.25, 0.3) is 0 Å². The third kappa shape index (κ3) is 9.84. The molecule has 0 aromatic heterocycles. The number of amides is 5. The van der Waals surface area contributed by atoms with Gasteiger partial charge in [0.25, 0.3) is 0 Å². The summed E-state index contributed by atoms with van der Waals surface area (Å²) in [4.78, 5) is 68.1. The van der Waals surface area contributed by atoms with Crippen molar-refractivity contribution in [2.24, 2.45) is 34.8 Å². The number of fused-ring (bicyclic) bond motifs is 1. The van der Waals surface area contributed by atoms with Crippen molar-refractivity contribution in [1.29, 1.82) is 0 Å². The first kappa shape index (κ1) is 38.8. The van der Waals surface area contributed by atoms with Crippen LogP contribution in [0.5, 0.6) is 0 Å². The van der Waals surface area contributed by atoms with E-state index < -0.39 is 76.3 Å². The molecule has 1 aliphatic heterocycles. The van der Waals surface area contributed by atoms with Crippen LogP contribution in [0, 0.1) is 29.1 Å². The Balaban J connectivity index is 1.53. The summed E-state index contributed by atoms with van der Waals surface area (Å²) in [6.07, 6.45) is 6.40. The van der Waals surface area contributed by atoms with Crippen LogP contribution in [0.4, 0.5) is 4.79 Å². The number of likely N-dealkylation sites (tertiary alicyclic amines) is 1. The average Bonchev–Trinajstić information content (AvgIpc) is 3.81. The molecule has 0 radical (unpaired) electrons. The molecule has 0 bridgehead atoms. The number of nitrogens with two attached hydrogens (primary N) is 1. The van der Waals surface area contributed by atoms with Crippen LogP contribution in [0.3, 0.4) is 0 Å². The normalized spacial score (nSPS) is 25.9. The molecule has 48 heavy (non-hydrogen) atoms. The summed E-state index contributed by atoms with van der Waals surface area (Å²) in [7, 11) is -3.43. The van der Waals surface area contributed by atoms with Crippen LogP contribution in [0.1, 0.15) is 106 Å². The van der Waals surface area contributed by atoms with Gasteiger partial charge < -0.3 is 0 Å². The van der Waals surface area contributed by atoms with E-state index in [2.05, 4.69) is 29.8 Å². The maximum atomic E-state index is 14.4. The van der Waals surface area contributed by atoms with Gasteiger partial charge in [0.15, 0.2) is 0 Å². The van der Waals surface area contributed by atoms with E-state index in [1.54, 1.807) is 4.90 Å². The minimum absolute atomic E-state index is 0.0654. The van der Waals surface area contributed by atoms with Crippen molar-refractivity contribution < 1.29 is 53.6 Å². The van der Waals surface area contributed by atoms with E-state index in [9.17, 15) is 32.4 Å². The maximum absolute atomic E-state index is 14.4. The number of ketones is 1. The van der Waals surface area contributed by atoms with Crippen molar-refractivity contribution in [1.82, 2.24) is 20.9 Å². The van der Waals surface area contributed by atoms with Crippen molar-refractivity contribution in [3.05, 3.63) is 0 Å². The number of halogens is 1. The van der Waals surface area contributed by atoms with Crippen molar-refractivity contribution in [3.63, 3.8) is 0 Å². The first-order valence-electron chi connectivity index (χ1n) is 17.5. The second-order valence-corrected chi connectivity index (χ2v) is 23.9. The predicted molar refractivity (Wildman–Crippen MR) is 179 cm³/mol. The Labute approximate surface area is 296 Å². The summed E-state index contributed by atoms with van der Waals surface area (Å²) in [5, 5.41) is 8.76. The van der Waals surface area contributed by atoms with E-state index in [1.165, 1.54) is 0 Å². The van der Waals surface area contributed by atoms with Crippen LogP contribution in [-0.4, -0.2) is 86.0 Å². The van der Waals surface area contributed by atoms with Gasteiger partial charge in [-0.05, 0) is 0 Å². The van der Waals surface area contributed by atoms with Gasteiger partial charge in [-0.25, -0.2) is 0 Å². The summed E-state index contributed by atoms with van der Waals surface area (Å²) in [5.41, 5.74) is 4.22. The number of hydrogen-bond acceptors (Lipinski definition) is 7. The fourth-order valence-corrected chi connectivity index (χ4v) is 12.7. The molecule has 3 saturated carbocycles. The number of nitrogens with zero attached hydrogens (tertiary/aromatic N) is 1. The van der Waals surface area contributed by atoms with Crippen LogP contribution < -0.4 is 42.9 Å². The molecule has 1 heterocycles. The number of piperidine rings is 1. The van der Waals surface area contributed by atoms with Gasteiger partial charge in [-0.1, -0.05) is 0 Å².